The highest BCUT2D eigenvalue weighted by atomic mass is 79.9. The minimum Gasteiger partial charge on any atom is -0.497 e. The van der Waals surface area contributed by atoms with Crippen molar-refractivity contribution in [2.75, 3.05) is 7.11 Å². The Hall–Kier alpha value is -2.53. The van der Waals surface area contributed by atoms with Crippen LogP contribution in [0.3, 0.4) is 0 Å². The van der Waals surface area contributed by atoms with Crippen molar-refractivity contribution in [3.8, 4) is 17.0 Å². The summed E-state index contributed by atoms with van der Waals surface area (Å²) in [4.78, 5) is 16.8. The number of ether oxygens (including phenoxy) is 1. The summed E-state index contributed by atoms with van der Waals surface area (Å²) in [6.45, 7) is 2.31. The number of aromatic nitrogens is 2. The molecule has 0 spiro atoms. The lowest BCUT2D eigenvalue weighted by molar-refractivity contribution is -0.686. The van der Waals surface area contributed by atoms with Gasteiger partial charge in [-0.3, -0.25) is 4.79 Å². The van der Waals surface area contributed by atoms with Crippen LogP contribution in [0.15, 0.2) is 67.1 Å². The quantitative estimate of drug-likeness (QED) is 0.483. The van der Waals surface area contributed by atoms with Gasteiger partial charge in [-0.2, -0.15) is 0 Å². The van der Waals surface area contributed by atoms with Crippen LogP contribution >= 0.6 is 17.0 Å². The monoisotopic (exact) mass is 399 g/mol. The number of halogens is 1. The lowest BCUT2D eigenvalue weighted by atomic mass is 10.1. The summed E-state index contributed by atoms with van der Waals surface area (Å²) in [6.07, 6.45) is 3.57. The van der Waals surface area contributed by atoms with Crippen molar-refractivity contribution in [3.05, 3.63) is 78.2 Å². The van der Waals surface area contributed by atoms with Gasteiger partial charge in [0.25, 0.3) is 6.33 Å². The molecule has 0 aliphatic heterocycles. The molecule has 1 aromatic heterocycles. The van der Waals surface area contributed by atoms with Crippen LogP contribution in [-0.2, 0) is 6.54 Å². The highest BCUT2D eigenvalue weighted by molar-refractivity contribution is 8.93. The molecule has 4 nitrogen and oxygen atoms in total. The van der Waals surface area contributed by atoms with E-state index in [0.29, 0.717) is 5.56 Å². The maximum atomic E-state index is 12.3. The average Bonchev–Trinajstić information content (AvgIpc) is 2.62. The van der Waals surface area contributed by atoms with E-state index in [4.69, 9.17) is 4.74 Å². The van der Waals surface area contributed by atoms with Gasteiger partial charge in [0.15, 0.2) is 12.2 Å². The first kappa shape index (κ1) is 18.8. The van der Waals surface area contributed by atoms with Crippen LogP contribution in [0.4, 0.5) is 0 Å². The van der Waals surface area contributed by atoms with Crippen LogP contribution in [0.1, 0.15) is 15.9 Å². The number of aryl methyl sites for hydroxylation is 1. The summed E-state index contributed by atoms with van der Waals surface area (Å²) < 4.78 is 6.89. The molecule has 0 amide bonds. The van der Waals surface area contributed by atoms with Gasteiger partial charge in [0.05, 0.1) is 13.3 Å². The van der Waals surface area contributed by atoms with Gasteiger partial charge in [0, 0.05) is 17.2 Å². The predicted octanol–water partition coefficient (Wildman–Crippen LogP) is 3.81. The van der Waals surface area contributed by atoms with Crippen molar-refractivity contribution in [2.24, 2.45) is 0 Å². The Bertz CT molecular complexity index is 846. The second-order valence-corrected chi connectivity index (χ2v) is 5.64. The number of ketones is 1. The second-order valence-electron chi connectivity index (χ2n) is 5.64. The van der Waals surface area contributed by atoms with E-state index in [9.17, 15) is 4.79 Å². The number of hydrogen-bond acceptors (Lipinski definition) is 3. The fourth-order valence-electron chi connectivity index (χ4n) is 2.49. The maximum absolute atomic E-state index is 12.3. The summed E-state index contributed by atoms with van der Waals surface area (Å²) in [7, 11) is 1.61. The van der Waals surface area contributed by atoms with Gasteiger partial charge >= 0.3 is 0 Å². The molecule has 0 aliphatic rings. The minimum atomic E-state index is 0. The Kier molecular flexibility index (Phi) is 6.42. The van der Waals surface area contributed by atoms with E-state index < -0.39 is 0 Å². The Balaban J connectivity index is 0.00000225. The zero-order valence-electron chi connectivity index (χ0n) is 14.2. The predicted molar refractivity (Wildman–Crippen MR) is 102 cm³/mol. The van der Waals surface area contributed by atoms with Gasteiger partial charge in [-0.05, 0) is 42.2 Å². The summed E-state index contributed by atoms with van der Waals surface area (Å²) >= 11 is 0. The van der Waals surface area contributed by atoms with Crippen molar-refractivity contribution in [1.29, 1.82) is 0 Å². The van der Waals surface area contributed by atoms with E-state index in [1.54, 1.807) is 42.3 Å². The van der Waals surface area contributed by atoms with E-state index >= 15 is 0 Å². The van der Waals surface area contributed by atoms with Gasteiger partial charge in [0.2, 0.25) is 5.78 Å². The molecule has 5 heteroatoms. The maximum Gasteiger partial charge on any atom is 0.287 e. The van der Waals surface area contributed by atoms with Crippen molar-refractivity contribution >= 4 is 22.8 Å². The van der Waals surface area contributed by atoms with Gasteiger partial charge < -0.3 is 4.74 Å². The molecule has 0 atom stereocenters. The standard InChI is InChI=1S/C20H19N2O2.BrH/c1-15-4-3-5-17(12-15)19-10-11-22(14-21-19)13-20(23)16-6-8-18(24-2)9-7-16;/h3-12,14H,13H2,1-2H3;1H/q+1;. The molecule has 1 heterocycles. The molecule has 0 saturated carbocycles. The summed E-state index contributed by atoms with van der Waals surface area (Å²) in [5, 5.41) is 0. The van der Waals surface area contributed by atoms with Gasteiger partial charge in [-0.25, -0.2) is 4.57 Å². The number of nitrogens with zero attached hydrogens (tertiary/aromatic N) is 2. The van der Waals surface area contributed by atoms with Crippen molar-refractivity contribution < 1.29 is 14.1 Å². The number of methoxy groups -OCH3 is 1. The number of Topliss-reactive ketones (excluding diaryl/α,β-unsaturated/α-hetero) is 1. The van der Waals surface area contributed by atoms with Crippen LogP contribution in [0, 0.1) is 6.92 Å². The Morgan fingerprint density at radius 2 is 1.88 bits per heavy atom. The lowest BCUT2D eigenvalue weighted by Crippen LogP contribution is -2.37. The zero-order valence-corrected chi connectivity index (χ0v) is 15.9. The third kappa shape index (κ3) is 4.73. The van der Waals surface area contributed by atoms with Crippen molar-refractivity contribution in [3.63, 3.8) is 0 Å². The van der Waals surface area contributed by atoms with Gasteiger partial charge in [-0.15, -0.1) is 17.0 Å². The van der Waals surface area contributed by atoms with E-state index in [-0.39, 0.29) is 29.3 Å². The normalized spacial score (nSPS) is 10.0. The number of benzene rings is 2. The molecule has 0 radical (unpaired) electrons. The van der Waals surface area contributed by atoms with E-state index in [1.165, 1.54) is 5.56 Å². The summed E-state index contributed by atoms with van der Waals surface area (Å²) in [5.74, 6) is 0.774. The highest BCUT2D eigenvalue weighted by Crippen LogP contribution is 2.16. The van der Waals surface area contributed by atoms with Crippen molar-refractivity contribution in [2.45, 2.75) is 13.5 Å². The molecular formula is C20H20BrN2O2+. The van der Waals surface area contributed by atoms with Crippen LogP contribution in [0.5, 0.6) is 5.75 Å². The molecule has 0 bridgehead atoms. The number of carbonyl (C=O) groups excluding carboxylic acids is 1. The molecule has 3 aromatic rings. The molecule has 25 heavy (non-hydrogen) atoms. The van der Waals surface area contributed by atoms with E-state index in [2.05, 4.69) is 24.0 Å². The van der Waals surface area contributed by atoms with Gasteiger partial charge in [0.1, 0.15) is 5.75 Å². The number of rotatable bonds is 5. The van der Waals surface area contributed by atoms with Crippen LogP contribution < -0.4 is 9.30 Å². The topological polar surface area (TPSA) is 43.1 Å². The number of carbonyl (C=O) groups is 1. The lowest BCUT2D eigenvalue weighted by Gasteiger charge is -2.03. The largest absolute Gasteiger partial charge is 0.497 e. The fourth-order valence-corrected chi connectivity index (χ4v) is 2.49. The molecule has 2 aromatic carbocycles. The number of hydrogen-bond donors (Lipinski definition) is 0. The second kappa shape index (κ2) is 8.53. The Morgan fingerprint density at radius 3 is 2.48 bits per heavy atom. The Labute approximate surface area is 157 Å². The average molecular weight is 400 g/mol. The minimum absolute atomic E-state index is 0. The molecule has 0 unspecified atom stereocenters. The summed E-state index contributed by atoms with van der Waals surface area (Å²) in [6, 6.07) is 17.2. The highest BCUT2D eigenvalue weighted by Gasteiger charge is 2.12. The van der Waals surface area contributed by atoms with Crippen LogP contribution in [0.2, 0.25) is 0 Å². The molecule has 128 valence electrons. The first-order valence-corrected chi connectivity index (χ1v) is 7.75. The molecule has 3 rings (SSSR count). The first-order chi connectivity index (χ1) is 11.7. The van der Waals surface area contributed by atoms with E-state index in [1.807, 2.05) is 24.4 Å². The van der Waals surface area contributed by atoms with Gasteiger partial charge in [-0.1, -0.05) is 23.8 Å². The SMILES string of the molecule is Br.COc1ccc(C(=O)C[n+]2ccc(-c3cccc(C)c3)nc2)cc1. The first-order valence-electron chi connectivity index (χ1n) is 7.75. The zero-order chi connectivity index (χ0) is 16.9. The molecule has 0 N–H and O–H groups in total. The van der Waals surface area contributed by atoms with Crippen molar-refractivity contribution in [1.82, 2.24) is 4.98 Å². The summed E-state index contributed by atoms with van der Waals surface area (Å²) in [5.41, 5.74) is 3.82. The molecule has 0 fully saturated rings. The third-order valence-electron chi connectivity index (χ3n) is 3.82. The van der Waals surface area contributed by atoms with Crippen LogP contribution in [-0.4, -0.2) is 17.9 Å². The fraction of sp³-hybridized carbons (Fsp3) is 0.150. The Morgan fingerprint density at radius 1 is 1.12 bits per heavy atom. The van der Waals surface area contributed by atoms with Crippen LogP contribution in [0.25, 0.3) is 11.3 Å². The molecule has 0 saturated heterocycles. The smallest absolute Gasteiger partial charge is 0.287 e. The third-order valence-corrected chi connectivity index (χ3v) is 3.82. The molecular weight excluding hydrogens is 380 g/mol. The van der Waals surface area contributed by atoms with E-state index in [0.717, 1.165) is 17.0 Å². The molecule has 0 aliphatic carbocycles.